The van der Waals surface area contributed by atoms with Crippen molar-refractivity contribution in [3.05, 3.63) is 17.9 Å². The van der Waals surface area contributed by atoms with Gasteiger partial charge in [-0.15, -0.1) is 0 Å². The van der Waals surface area contributed by atoms with Crippen LogP contribution in [0.4, 0.5) is 0 Å². The number of hydrogen-bond donors (Lipinski definition) is 1. The van der Waals surface area contributed by atoms with E-state index in [1.54, 1.807) is 26.8 Å². The summed E-state index contributed by atoms with van der Waals surface area (Å²) in [5, 5.41) is 8.25. The summed E-state index contributed by atoms with van der Waals surface area (Å²) in [6.07, 6.45) is 0. The lowest BCUT2D eigenvalue weighted by Crippen LogP contribution is -2.40. The van der Waals surface area contributed by atoms with Crippen molar-refractivity contribution in [3.8, 4) is 6.07 Å². The van der Waals surface area contributed by atoms with Crippen LogP contribution in [0.25, 0.3) is 0 Å². The predicted octanol–water partition coefficient (Wildman–Crippen LogP) is 1.23. The van der Waals surface area contributed by atoms with Crippen molar-refractivity contribution in [3.63, 3.8) is 0 Å². The molecule has 0 aromatic carbocycles. The van der Waals surface area contributed by atoms with Crippen LogP contribution in [0, 0.1) is 11.3 Å². The lowest BCUT2D eigenvalue weighted by atomic mass is 10.1. The molecular weight excluding hydrogens is 216 g/mol. The Bertz CT molecular complexity index is 488. The van der Waals surface area contributed by atoms with Gasteiger partial charge in [-0.1, -0.05) is 0 Å². The molecule has 0 aliphatic heterocycles. The van der Waals surface area contributed by atoms with E-state index in [0.717, 1.165) is 0 Å². The van der Waals surface area contributed by atoms with Crippen LogP contribution < -0.4 is 4.72 Å². The van der Waals surface area contributed by atoms with Crippen molar-refractivity contribution in [2.45, 2.75) is 31.4 Å². The van der Waals surface area contributed by atoms with Crippen molar-refractivity contribution in [2.24, 2.45) is 0 Å². The Morgan fingerprint density at radius 2 is 2.00 bits per heavy atom. The Labute approximate surface area is 88.8 Å². The number of nitrogens with zero attached hydrogens (tertiary/aromatic N) is 1. The number of furan rings is 1. The van der Waals surface area contributed by atoms with Crippen LogP contribution in [0.5, 0.6) is 0 Å². The van der Waals surface area contributed by atoms with Crippen LogP contribution >= 0.6 is 0 Å². The van der Waals surface area contributed by atoms with E-state index < -0.39 is 15.6 Å². The van der Waals surface area contributed by atoms with Gasteiger partial charge in [0.1, 0.15) is 6.07 Å². The second-order valence-electron chi connectivity index (χ2n) is 4.09. The molecule has 0 bridgehead atoms. The first kappa shape index (κ1) is 11.8. The van der Waals surface area contributed by atoms with Crippen LogP contribution in [0.3, 0.4) is 0 Å². The highest BCUT2D eigenvalue weighted by atomic mass is 32.2. The molecule has 0 atom stereocenters. The normalized spacial score (nSPS) is 12.4. The van der Waals surface area contributed by atoms with Crippen LogP contribution in [0.2, 0.25) is 0 Å². The molecule has 0 unspecified atom stereocenters. The minimum Gasteiger partial charge on any atom is -0.433 e. The molecule has 0 saturated heterocycles. The van der Waals surface area contributed by atoms with Crippen molar-refractivity contribution >= 4 is 10.0 Å². The van der Waals surface area contributed by atoms with Crippen molar-refractivity contribution in [2.75, 3.05) is 0 Å². The maximum absolute atomic E-state index is 11.7. The predicted molar refractivity (Wildman–Crippen MR) is 53.5 cm³/mol. The molecule has 0 aliphatic rings. The van der Waals surface area contributed by atoms with Gasteiger partial charge in [0, 0.05) is 5.54 Å². The lowest BCUT2D eigenvalue weighted by molar-refractivity contribution is 0.422. The molecule has 1 aromatic heterocycles. The monoisotopic (exact) mass is 228 g/mol. The van der Waals surface area contributed by atoms with E-state index in [-0.39, 0.29) is 10.9 Å². The van der Waals surface area contributed by atoms with Gasteiger partial charge in [-0.25, -0.2) is 13.1 Å². The maximum Gasteiger partial charge on any atom is 0.274 e. The summed E-state index contributed by atoms with van der Waals surface area (Å²) in [5.74, 6) is -0.0238. The van der Waals surface area contributed by atoms with E-state index in [2.05, 4.69) is 4.72 Å². The average Bonchev–Trinajstić information content (AvgIpc) is 2.47. The second kappa shape index (κ2) is 3.68. The van der Waals surface area contributed by atoms with E-state index in [4.69, 9.17) is 9.68 Å². The standard InChI is InChI=1S/C9H12N2O3S/c1-9(2,3)11-15(12,13)8-5-4-7(6-10)14-8/h4-5,11H,1-3H3. The SMILES string of the molecule is CC(C)(C)NS(=O)(=O)c1ccc(C#N)o1. The van der Waals surface area contributed by atoms with Gasteiger partial charge in [-0.05, 0) is 32.9 Å². The molecule has 0 amide bonds. The van der Waals surface area contributed by atoms with E-state index in [1.165, 1.54) is 12.1 Å². The molecule has 82 valence electrons. The molecule has 6 heteroatoms. The largest absolute Gasteiger partial charge is 0.433 e. The fourth-order valence-electron chi connectivity index (χ4n) is 0.978. The van der Waals surface area contributed by atoms with Crippen molar-refractivity contribution < 1.29 is 12.8 Å². The van der Waals surface area contributed by atoms with Gasteiger partial charge < -0.3 is 4.42 Å². The number of rotatable bonds is 2. The fourth-order valence-corrected chi connectivity index (χ4v) is 2.33. The van der Waals surface area contributed by atoms with Crippen molar-refractivity contribution in [1.82, 2.24) is 4.72 Å². The zero-order valence-corrected chi connectivity index (χ0v) is 9.55. The highest BCUT2D eigenvalue weighted by Crippen LogP contribution is 2.15. The van der Waals surface area contributed by atoms with Crippen LogP contribution in [0.1, 0.15) is 26.5 Å². The smallest absolute Gasteiger partial charge is 0.274 e. The summed E-state index contributed by atoms with van der Waals surface area (Å²) in [4.78, 5) is 0. The quantitative estimate of drug-likeness (QED) is 0.825. The first-order valence-electron chi connectivity index (χ1n) is 4.28. The number of sulfonamides is 1. The first-order valence-corrected chi connectivity index (χ1v) is 5.77. The van der Waals surface area contributed by atoms with E-state index in [0.29, 0.717) is 0 Å². The molecule has 1 rings (SSSR count). The van der Waals surface area contributed by atoms with Crippen molar-refractivity contribution in [1.29, 1.82) is 5.26 Å². The Hall–Kier alpha value is -1.32. The molecular formula is C9H12N2O3S. The third-order valence-electron chi connectivity index (χ3n) is 1.40. The molecule has 0 radical (unpaired) electrons. The molecule has 1 N–H and O–H groups in total. The summed E-state index contributed by atoms with van der Waals surface area (Å²) < 4.78 is 30.6. The summed E-state index contributed by atoms with van der Waals surface area (Å²) in [7, 11) is -3.68. The van der Waals surface area contributed by atoms with Gasteiger partial charge in [0.05, 0.1) is 0 Å². The van der Waals surface area contributed by atoms with E-state index in [1.807, 2.05) is 0 Å². The summed E-state index contributed by atoms with van der Waals surface area (Å²) >= 11 is 0. The van der Waals surface area contributed by atoms with Gasteiger partial charge in [0.2, 0.25) is 10.9 Å². The highest BCUT2D eigenvalue weighted by molar-refractivity contribution is 7.89. The summed E-state index contributed by atoms with van der Waals surface area (Å²) in [6, 6.07) is 4.30. The molecule has 0 saturated carbocycles. The summed E-state index contributed by atoms with van der Waals surface area (Å²) in [5.41, 5.74) is -0.585. The molecule has 1 aromatic rings. The second-order valence-corrected chi connectivity index (χ2v) is 5.70. The highest BCUT2D eigenvalue weighted by Gasteiger charge is 2.24. The fraction of sp³-hybridized carbons (Fsp3) is 0.444. The van der Waals surface area contributed by atoms with Crippen LogP contribution in [-0.2, 0) is 10.0 Å². The Balaban J connectivity index is 3.03. The third-order valence-corrected chi connectivity index (χ3v) is 3.03. The van der Waals surface area contributed by atoms with Crippen LogP contribution in [-0.4, -0.2) is 14.0 Å². The lowest BCUT2D eigenvalue weighted by Gasteiger charge is -2.18. The van der Waals surface area contributed by atoms with Gasteiger partial charge in [0.25, 0.3) is 10.0 Å². The zero-order chi connectivity index (χ0) is 11.7. The Kier molecular flexibility index (Phi) is 2.88. The average molecular weight is 228 g/mol. The molecule has 0 spiro atoms. The number of nitriles is 1. The van der Waals surface area contributed by atoms with Gasteiger partial charge in [-0.2, -0.15) is 5.26 Å². The Morgan fingerprint density at radius 3 is 2.40 bits per heavy atom. The number of nitrogens with one attached hydrogen (secondary N) is 1. The van der Waals surface area contributed by atoms with E-state index >= 15 is 0 Å². The van der Waals surface area contributed by atoms with E-state index in [9.17, 15) is 8.42 Å². The summed E-state index contributed by atoms with van der Waals surface area (Å²) in [6.45, 7) is 5.16. The molecule has 15 heavy (non-hydrogen) atoms. The van der Waals surface area contributed by atoms with Gasteiger partial charge >= 0.3 is 0 Å². The molecule has 0 fully saturated rings. The Morgan fingerprint density at radius 1 is 1.40 bits per heavy atom. The van der Waals surface area contributed by atoms with Gasteiger partial charge in [-0.3, -0.25) is 0 Å². The molecule has 1 heterocycles. The minimum atomic E-state index is -3.68. The maximum atomic E-state index is 11.7. The minimum absolute atomic E-state index is 0.0238. The molecule has 0 aliphatic carbocycles. The first-order chi connectivity index (χ1) is 6.74. The zero-order valence-electron chi connectivity index (χ0n) is 8.73. The van der Waals surface area contributed by atoms with Gasteiger partial charge in [0.15, 0.2) is 0 Å². The number of hydrogen-bond acceptors (Lipinski definition) is 4. The third kappa shape index (κ3) is 3.08. The topological polar surface area (TPSA) is 83.1 Å². The molecule has 5 nitrogen and oxygen atoms in total. The van der Waals surface area contributed by atoms with Crippen LogP contribution in [0.15, 0.2) is 21.6 Å².